The molecule has 7 heteroatoms. The fourth-order valence-electron chi connectivity index (χ4n) is 3.49. The van der Waals surface area contributed by atoms with E-state index in [0.717, 1.165) is 30.5 Å². The van der Waals surface area contributed by atoms with E-state index in [1.165, 1.54) is 24.3 Å². The van der Waals surface area contributed by atoms with E-state index in [2.05, 4.69) is 10.2 Å². The van der Waals surface area contributed by atoms with E-state index in [1.54, 1.807) is 18.2 Å². The van der Waals surface area contributed by atoms with Gasteiger partial charge in [-0.1, -0.05) is 24.3 Å². The molecule has 1 amide bonds. The van der Waals surface area contributed by atoms with Crippen molar-refractivity contribution in [2.75, 3.05) is 6.54 Å². The number of nitrogens with zero attached hydrogens (tertiary/aromatic N) is 1. The van der Waals surface area contributed by atoms with Gasteiger partial charge >= 0.3 is 24.8 Å². The van der Waals surface area contributed by atoms with Crippen LogP contribution >= 0.6 is 0 Å². The maximum absolute atomic E-state index is 13.4. The number of aromatic carboxylic acids is 1. The molecule has 0 aliphatic carbocycles. The average Bonchev–Trinajstić information content (AvgIpc) is 3.10. The molecule has 0 bridgehead atoms. The predicted molar refractivity (Wildman–Crippen MR) is 107 cm³/mol. The Balaban J connectivity index is 0.00000280. The summed E-state index contributed by atoms with van der Waals surface area (Å²) >= 11 is 0. The molecule has 2 atom stereocenters. The van der Waals surface area contributed by atoms with Crippen molar-refractivity contribution in [3.63, 3.8) is 0 Å². The number of amides is 1. The van der Waals surface area contributed by atoms with Gasteiger partial charge in [0.2, 0.25) is 5.91 Å². The van der Waals surface area contributed by atoms with Gasteiger partial charge < -0.3 is 10.4 Å². The first-order chi connectivity index (χ1) is 12.9. The van der Waals surface area contributed by atoms with Gasteiger partial charge in [-0.15, -0.1) is 0 Å². The molecule has 1 aliphatic rings. The SMILES string of the molecule is C[C@H](NC(=O)[C@H]1CCCN1Cc1cccc(F)c1)c1ccc(C(=O)O)cc1.[LiH]. The first-order valence-electron chi connectivity index (χ1n) is 9.06. The van der Waals surface area contributed by atoms with Gasteiger partial charge in [-0.3, -0.25) is 9.69 Å². The van der Waals surface area contributed by atoms with E-state index in [-0.39, 0.29) is 48.2 Å². The summed E-state index contributed by atoms with van der Waals surface area (Å²) in [6.07, 6.45) is 1.70. The monoisotopic (exact) mass is 378 g/mol. The molecule has 2 aromatic rings. The molecule has 0 unspecified atom stereocenters. The number of carboxylic acids is 1. The molecular formula is C21H24FLiN2O3. The zero-order valence-corrected chi connectivity index (χ0v) is 15.2. The van der Waals surface area contributed by atoms with Gasteiger partial charge in [-0.05, 0) is 61.7 Å². The first-order valence-corrected chi connectivity index (χ1v) is 9.06. The third kappa shape index (κ3) is 5.45. The van der Waals surface area contributed by atoms with E-state index in [9.17, 15) is 14.0 Å². The van der Waals surface area contributed by atoms with E-state index in [4.69, 9.17) is 5.11 Å². The van der Waals surface area contributed by atoms with Gasteiger partial charge in [0.15, 0.2) is 0 Å². The predicted octanol–water partition coefficient (Wildman–Crippen LogP) is 2.72. The van der Waals surface area contributed by atoms with Crippen molar-refractivity contribution in [3.8, 4) is 0 Å². The zero-order valence-electron chi connectivity index (χ0n) is 15.2. The van der Waals surface area contributed by atoms with Crippen molar-refractivity contribution in [2.24, 2.45) is 0 Å². The zero-order chi connectivity index (χ0) is 19.4. The molecule has 0 saturated carbocycles. The molecule has 1 aliphatic heterocycles. The molecule has 5 nitrogen and oxygen atoms in total. The normalized spacial score (nSPS) is 17.6. The van der Waals surface area contributed by atoms with Crippen molar-refractivity contribution in [1.82, 2.24) is 10.2 Å². The molecule has 1 fully saturated rings. The van der Waals surface area contributed by atoms with Crippen molar-refractivity contribution >= 4 is 30.7 Å². The van der Waals surface area contributed by atoms with Crippen LogP contribution in [0.25, 0.3) is 0 Å². The number of benzene rings is 2. The summed E-state index contributed by atoms with van der Waals surface area (Å²) in [6, 6.07) is 12.5. The molecule has 2 aromatic carbocycles. The van der Waals surface area contributed by atoms with Crippen LogP contribution in [0.15, 0.2) is 48.5 Å². The van der Waals surface area contributed by atoms with Crippen LogP contribution in [0, 0.1) is 5.82 Å². The molecule has 2 N–H and O–H groups in total. The minimum absolute atomic E-state index is 0. The Morgan fingerprint density at radius 1 is 1.25 bits per heavy atom. The van der Waals surface area contributed by atoms with Gasteiger partial charge in [-0.25, -0.2) is 9.18 Å². The number of carboxylic acid groups (broad SMARTS) is 1. The van der Waals surface area contributed by atoms with E-state index < -0.39 is 5.97 Å². The number of rotatable bonds is 6. The topological polar surface area (TPSA) is 69.6 Å². The van der Waals surface area contributed by atoms with Gasteiger partial charge in [0.05, 0.1) is 17.6 Å². The number of carbonyl (C=O) groups is 2. The molecule has 0 spiro atoms. The maximum atomic E-state index is 13.4. The summed E-state index contributed by atoms with van der Waals surface area (Å²) in [7, 11) is 0. The summed E-state index contributed by atoms with van der Waals surface area (Å²) in [5.74, 6) is -1.30. The van der Waals surface area contributed by atoms with Gasteiger partial charge in [0.25, 0.3) is 0 Å². The summed E-state index contributed by atoms with van der Waals surface area (Å²) in [6.45, 7) is 3.22. The Morgan fingerprint density at radius 3 is 2.61 bits per heavy atom. The van der Waals surface area contributed by atoms with E-state index in [0.29, 0.717) is 6.54 Å². The number of likely N-dealkylation sites (tertiary alicyclic amines) is 1. The third-order valence-corrected chi connectivity index (χ3v) is 4.96. The second-order valence-electron chi connectivity index (χ2n) is 6.92. The third-order valence-electron chi connectivity index (χ3n) is 4.96. The van der Waals surface area contributed by atoms with Crippen molar-refractivity contribution in [1.29, 1.82) is 0 Å². The van der Waals surface area contributed by atoms with Crippen LogP contribution in [-0.4, -0.2) is 53.3 Å². The molecule has 0 aromatic heterocycles. The Kier molecular flexibility index (Phi) is 7.82. The molecule has 1 saturated heterocycles. The van der Waals surface area contributed by atoms with Crippen LogP contribution in [0.2, 0.25) is 0 Å². The second kappa shape index (κ2) is 9.88. The quantitative estimate of drug-likeness (QED) is 0.759. The second-order valence-corrected chi connectivity index (χ2v) is 6.92. The molecule has 144 valence electrons. The molecular weight excluding hydrogens is 354 g/mol. The average molecular weight is 378 g/mol. The van der Waals surface area contributed by atoms with Gasteiger partial charge in [-0.2, -0.15) is 0 Å². The summed E-state index contributed by atoms with van der Waals surface area (Å²) in [5.41, 5.74) is 1.92. The fraction of sp³-hybridized carbons (Fsp3) is 0.333. The van der Waals surface area contributed by atoms with Crippen LogP contribution in [0.3, 0.4) is 0 Å². The summed E-state index contributed by atoms with van der Waals surface area (Å²) < 4.78 is 13.4. The van der Waals surface area contributed by atoms with Gasteiger partial charge in [0.1, 0.15) is 5.82 Å². The number of hydrogen-bond acceptors (Lipinski definition) is 3. The van der Waals surface area contributed by atoms with Crippen molar-refractivity contribution < 1.29 is 19.1 Å². The minimum atomic E-state index is -0.975. The first kappa shape index (κ1) is 22.2. The summed E-state index contributed by atoms with van der Waals surface area (Å²) in [5, 5.41) is 12.0. The number of hydrogen-bond donors (Lipinski definition) is 2. The fourth-order valence-corrected chi connectivity index (χ4v) is 3.49. The van der Waals surface area contributed by atoms with Crippen LogP contribution in [0.4, 0.5) is 4.39 Å². The van der Waals surface area contributed by atoms with Crippen LogP contribution in [0.1, 0.15) is 47.3 Å². The van der Waals surface area contributed by atoms with Crippen molar-refractivity contribution in [3.05, 3.63) is 71.0 Å². The van der Waals surface area contributed by atoms with Crippen LogP contribution in [0.5, 0.6) is 0 Å². The number of carbonyl (C=O) groups excluding carboxylic acids is 1. The van der Waals surface area contributed by atoms with E-state index >= 15 is 0 Å². The molecule has 28 heavy (non-hydrogen) atoms. The Hall–Kier alpha value is -2.13. The van der Waals surface area contributed by atoms with Crippen LogP contribution < -0.4 is 5.32 Å². The standard InChI is InChI=1S/C21H23FN2O3.Li.H/c1-14(16-7-9-17(10-8-16)21(26)27)23-20(25)19-6-3-11-24(19)13-15-4-2-5-18(22)12-15;;/h2,4-5,7-10,12,14,19H,3,6,11,13H2,1H3,(H,23,25)(H,26,27);;/t14-,19+;;/m0../s1. The number of halogens is 1. The number of nitrogens with one attached hydrogen (secondary N) is 1. The van der Waals surface area contributed by atoms with E-state index in [1.807, 2.05) is 13.0 Å². The van der Waals surface area contributed by atoms with Crippen molar-refractivity contribution in [2.45, 2.75) is 38.4 Å². The molecule has 1 heterocycles. The molecule has 0 radical (unpaired) electrons. The Labute approximate surface area is 176 Å². The summed E-state index contributed by atoms with van der Waals surface area (Å²) in [4.78, 5) is 25.8. The molecule has 3 rings (SSSR count). The Morgan fingerprint density at radius 2 is 1.96 bits per heavy atom. The van der Waals surface area contributed by atoms with Crippen LogP contribution in [-0.2, 0) is 11.3 Å². The van der Waals surface area contributed by atoms with Gasteiger partial charge in [0, 0.05) is 6.54 Å². The Bertz CT molecular complexity index is 829.